The highest BCUT2D eigenvalue weighted by atomic mass is 19.1. The zero-order chi connectivity index (χ0) is 16.9. The number of anilines is 1. The van der Waals surface area contributed by atoms with Gasteiger partial charge in [-0.2, -0.15) is 5.10 Å². The molecule has 0 radical (unpaired) electrons. The van der Waals surface area contributed by atoms with Crippen LogP contribution in [0.25, 0.3) is 0 Å². The van der Waals surface area contributed by atoms with Gasteiger partial charge >= 0.3 is 11.8 Å². The van der Waals surface area contributed by atoms with E-state index in [2.05, 4.69) is 15.8 Å². The molecule has 7 nitrogen and oxygen atoms in total. The van der Waals surface area contributed by atoms with E-state index in [0.717, 1.165) is 0 Å². The maximum Gasteiger partial charge on any atom is 0.329 e. The first kappa shape index (κ1) is 15.5. The van der Waals surface area contributed by atoms with E-state index in [9.17, 15) is 14.0 Å². The van der Waals surface area contributed by atoms with Crippen molar-refractivity contribution in [2.75, 3.05) is 12.1 Å². The molecule has 0 saturated carbocycles. The van der Waals surface area contributed by atoms with Crippen LogP contribution in [0, 0.1) is 5.82 Å². The van der Waals surface area contributed by atoms with Crippen LogP contribution in [-0.2, 0) is 9.59 Å². The van der Waals surface area contributed by atoms with Crippen molar-refractivity contribution in [2.45, 2.75) is 0 Å². The van der Waals surface area contributed by atoms with E-state index in [1.54, 1.807) is 18.2 Å². The summed E-state index contributed by atoms with van der Waals surface area (Å²) < 4.78 is 23.2. The summed E-state index contributed by atoms with van der Waals surface area (Å²) in [5.41, 5.74) is 3.07. The van der Waals surface area contributed by atoms with E-state index in [4.69, 9.17) is 9.47 Å². The summed E-state index contributed by atoms with van der Waals surface area (Å²) in [6.45, 7) is 0.163. The van der Waals surface area contributed by atoms with Crippen molar-refractivity contribution in [1.82, 2.24) is 5.43 Å². The van der Waals surface area contributed by atoms with E-state index >= 15 is 0 Å². The van der Waals surface area contributed by atoms with Gasteiger partial charge < -0.3 is 14.8 Å². The Hall–Kier alpha value is -3.42. The smallest absolute Gasteiger partial charge is 0.329 e. The van der Waals surface area contributed by atoms with Gasteiger partial charge in [0.05, 0.1) is 6.21 Å². The molecule has 0 fully saturated rings. The van der Waals surface area contributed by atoms with E-state index < -0.39 is 17.6 Å². The molecule has 1 aliphatic rings. The van der Waals surface area contributed by atoms with Crippen molar-refractivity contribution in [3.63, 3.8) is 0 Å². The lowest BCUT2D eigenvalue weighted by Crippen LogP contribution is -2.32. The van der Waals surface area contributed by atoms with E-state index in [-0.39, 0.29) is 6.79 Å². The molecule has 0 saturated heterocycles. The van der Waals surface area contributed by atoms with Gasteiger partial charge in [0.15, 0.2) is 11.5 Å². The van der Waals surface area contributed by atoms with Crippen LogP contribution in [0.15, 0.2) is 47.6 Å². The Kier molecular flexibility index (Phi) is 4.37. The zero-order valence-electron chi connectivity index (χ0n) is 12.3. The number of hydrogen-bond donors (Lipinski definition) is 2. The minimum atomic E-state index is -0.948. The van der Waals surface area contributed by atoms with E-state index in [1.807, 2.05) is 0 Å². The van der Waals surface area contributed by atoms with Crippen molar-refractivity contribution >= 4 is 23.7 Å². The lowest BCUT2D eigenvalue weighted by Gasteiger charge is -2.03. The fourth-order valence-electron chi connectivity index (χ4n) is 1.93. The SMILES string of the molecule is O=C(NN=Cc1ccc2c(c1)OCO2)C(=O)Nc1ccc(F)cc1. The molecule has 2 aromatic carbocycles. The number of hydrogen-bond acceptors (Lipinski definition) is 5. The van der Waals surface area contributed by atoms with Gasteiger partial charge in [-0.1, -0.05) is 0 Å². The van der Waals surface area contributed by atoms with Gasteiger partial charge in [0, 0.05) is 5.69 Å². The Morgan fingerprint density at radius 3 is 2.58 bits per heavy atom. The first-order valence-corrected chi connectivity index (χ1v) is 6.91. The molecule has 0 aliphatic carbocycles. The summed E-state index contributed by atoms with van der Waals surface area (Å²) in [6, 6.07) is 10.2. The minimum absolute atomic E-state index is 0.163. The van der Waals surface area contributed by atoms with Crippen molar-refractivity contribution in [1.29, 1.82) is 0 Å². The lowest BCUT2D eigenvalue weighted by atomic mass is 10.2. The van der Waals surface area contributed by atoms with Gasteiger partial charge in [0.25, 0.3) is 0 Å². The molecule has 2 N–H and O–H groups in total. The Balaban J connectivity index is 1.54. The number of benzene rings is 2. The maximum absolute atomic E-state index is 12.8. The Morgan fingerprint density at radius 1 is 1.04 bits per heavy atom. The molecule has 0 unspecified atom stereocenters. The van der Waals surface area contributed by atoms with Crippen LogP contribution in [0.3, 0.4) is 0 Å². The molecule has 0 atom stereocenters. The molecule has 8 heteroatoms. The molecule has 1 aliphatic heterocycles. The average molecular weight is 329 g/mol. The van der Waals surface area contributed by atoms with Crippen molar-refractivity contribution in [3.8, 4) is 11.5 Å². The van der Waals surface area contributed by atoms with Crippen LogP contribution in [0.2, 0.25) is 0 Å². The molecule has 2 aromatic rings. The van der Waals surface area contributed by atoms with Crippen molar-refractivity contribution in [2.24, 2.45) is 5.10 Å². The molecule has 0 aromatic heterocycles. The summed E-state index contributed by atoms with van der Waals surface area (Å²) in [7, 11) is 0. The van der Waals surface area contributed by atoms with Crippen LogP contribution in [0.1, 0.15) is 5.56 Å². The second-order valence-electron chi connectivity index (χ2n) is 4.77. The molecule has 1 heterocycles. The monoisotopic (exact) mass is 329 g/mol. The van der Waals surface area contributed by atoms with Gasteiger partial charge in [-0.05, 0) is 48.0 Å². The third-order valence-corrected chi connectivity index (χ3v) is 3.08. The van der Waals surface area contributed by atoms with Crippen LogP contribution in [0.5, 0.6) is 11.5 Å². The predicted octanol–water partition coefficient (Wildman–Crippen LogP) is 1.64. The van der Waals surface area contributed by atoms with E-state index in [1.165, 1.54) is 30.5 Å². The zero-order valence-corrected chi connectivity index (χ0v) is 12.3. The fraction of sp³-hybridized carbons (Fsp3) is 0.0625. The van der Waals surface area contributed by atoms with Gasteiger partial charge in [0.1, 0.15) is 5.82 Å². The van der Waals surface area contributed by atoms with Crippen LogP contribution in [-0.4, -0.2) is 24.8 Å². The predicted molar refractivity (Wildman–Crippen MR) is 83.3 cm³/mol. The summed E-state index contributed by atoms with van der Waals surface area (Å²) in [5, 5.41) is 6.03. The van der Waals surface area contributed by atoms with Crippen LogP contribution >= 0.6 is 0 Å². The molecule has 122 valence electrons. The number of nitrogens with zero attached hydrogens (tertiary/aromatic N) is 1. The first-order chi connectivity index (χ1) is 11.6. The fourth-order valence-corrected chi connectivity index (χ4v) is 1.93. The average Bonchev–Trinajstić information content (AvgIpc) is 3.04. The lowest BCUT2D eigenvalue weighted by molar-refractivity contribution is -0.136. The molecule has 3 rings (SSSR count). The van der Waals surface area contributed by atoms with Gasteiger partial charge in [-0.25, -0.2) is 9.82 Å². The standard InChI is InChI=1S/C16H12FN3O4/c17-11-2-4-12(5-3-11)19-15(21)16(22)20-18-8-10-1-6-13-14(7-10)24-9-23-13/h1-8H,9H2,(H,19,21)(H,20,22). The van der Waals surface area contributed by atoms with Gasteiger partial charge in [-0.3, -0.25) is 9.59 Å². The number of carbonyl (C=O) groups excluding carboxylic acids is 2. The minimum Gasteiger partial charge on any atom is -0.454 e. The Morgan fingerprint density at radius 2 is 1.79 bits per heavy atom. The second-order valence-corrected chi connectivity index (χ2v) is 4.77. The molecule has 24 heavy (non-hydrogen) atoms. The normalized spacial score (nSPS) is 12.2. The number of rotatable bonds is 3. The Bertz CT molecular complexity index is 805. The highest BCUT2D eigenvalue weighted by Gasteiger charge is 2.14. The Labute approximate surface area is 136 Å². The quantitative estimate of drug-likeness (QED) is 0.509. The van der Waals surface area contributed by atoms with Crippen LogP contribution in [0.4, 0.5) is 10.1 Å². The molecular weight excluding hydrogens is 317 g/mol. The number of fused-ring (bicyclic) bond motifs is 1. The van der Waals surface area contributed by atoms with Crippen molar-refractivity contribution < 1.29 is 23.5 Å². The largest absolute Gasteiger partial charge is 0.454 e. The summed E-state index contributed by atoms with van der Waals surface area (Å²) in [6.07, 6.45) is 1.37. The highest BCUT2D eigenvalue weighted by Crippen LogP contribution is 2.31. The third-order valence-electron chi connectivity index (χ3n) is 3.08. The van der Waals surface area contributed by atoms with Gasteiger partial charge in [-0.15, -0.1) is 0 Å². The number of hydrazone groups is 1. The number of carbonyl (C=O) groups is 2. The number of ether oxygens (including phenoxy) is 2. The molecule has 0 bridgehead atoms. The topological polar surface area (TPSA) is 89.0 Å². The number of amides is 2. The molecule has 0 spiro atoms. The summed E-state index contributed by atoms with van der Waals surface area (Å²) in [5.74, 6) is -1.08. The summed E-state index contributed by atoms with van der Waals surface area (Å²) >= 11 is 0. The maximum atomic E-state index is 12.8. The third kappa shape index (κ3) is 3.67. The number of nitrogens with one attached hydrogen (secondary N) is 2. The first-order valence-electron chi connectivity index (χ1n) is 6.91. The van der Waals surface area contributed by atoms with E-state index in [0.29, 0.717) is 22.7 Å². The second kappa shape index (κ2) is 6.78. The molecule has 2 amide bonds. The highest BCUT2D eigenvalue weighted by molar-refractivity contribution is 6.39. The van der Waals surface area contributed by atoms with Crippen molar-refractivity contribution in [3.05, 3.63) is 53.8 Å². The molecular formula is C16H12FN3O4. The van der Waals surface area contributed by atoms with Crippen LogP contribution < -0.4 is 20.2 Å². The number of halogens is 1. The van der Waals surface area contributed by atoms with Gasteiger partial charge in [0.2, 0.25) is 6.79 Å². The summed E-state index contributed by atoms with van der Waals surface area (Å²) in [4.78, 5) is 23.3.